The van der Waals surface area contributed by atoms with Crippen LogP contribution in [0.5, 0.6) is 5.75 Å². The monoisotopic (exact) mass is 320 g/mol. The third kappa shape index (κ3) is 3.90. The number of benzene rings is 1. The van der Waals surface area contributed by atoms with E-state index in [2.05, 4.69) is 9.46 Å². The number of ether oxygens (including phenoxy) is 1. The van der Waals surface area contributed by atoms with E-state index in [-0.39, 0.29) is 11.8 Å². The molecule has 1 atom stereocenters. The normalized spacial score (nSPS) is 18.9. The Labute approximate surface area is 123 Å². The lowest BCUT2D eigenvalue weighted by Gasteiger charge is -2.27. The van der Waals surface area contributed by atoms with E-state index in [1.165, 1.54) is 20.2 Å². The Hall–Kier alpha value is -1.25. The molecule has 0 aromatic heterocycles. The lowest BCUT2D eigenvalue weighted by Crippen LogP contribution is -2.39. The fourth-order valence-electron chi connectivity index (χ4n) is 2.37. The van der Waals surface area contributed by atoms with Crippen molar-refractivity contribution in [3.63, 3.8) is 0 Å². The van der Waals surface area contributed by atoms with Crippen LogP contribution in [-0.4, -0.2) is 33.4 Å². The molecule has 0 saturated heterocycles. The maximum absolute atomic E-state index is 12.2. The van der Waals surface area contributed by atoms with Crippen molar-refractivity contribution in [1.82, 2.24) is 9.03 Å². The highest BCUT2D eigenvalue weighted by atomic mass is 32.2. The van der Waals surface area contributed by atoms with Crippen LogP contribution < -0.4 is 9.46 Å². The van der Waals surface area contributed by atoms with Crippen LogP contribution in [0, 0.1) is 0 Å². The molecule has 0 heterocycles. The number of halogens is 2. The van der Waals surface area contributed by atoms with E-state index in [1.54, 1.807) is 12.1 Å². The Balaban J connectivity index is 2.24. The maximum Gasteiger partial charge on any atom is 0.387 e. The third-order valence-corrected chi connectivity index (χ3v) is 4.97. The number of aryl methyl sites for hydroxylation is 1. The number of hydrogen-bond donors (Lipinski definition) is 1. The fraction of sp³-hybridized carbons (Fsp3) is 0.538. The van der Waals surface area contributed by atoms with Crippen molar-refractivity contribution in [1.29, 1.82) is 0 Å². The molecule has 0 fully saturated rings. The van der Waals surface area contributed by atoms with Gasteiger partial charge in [0.1, 0.15) is 5.75 Å². The second kappa shape index (κ2) is 6.25. The summed E-state index contributed by atoms with van der Waals surface area (Å²) in [5, 5.41) is 0. The molecule has 5 nitrogen and oxygen atoms in total. The molecule has 1 aliphatic carbocycles. The van der Waals surface area contributed by atoms with Gasteiger partial charge in [0.2, 0.25) is 0 Å². The minimum absolute atomic E-state index is 0.0971. The van der Waals surface area contributed by atoms with Gasteiger partial charge in [0.15, 0.2) is 0 Å². The topological polar surface area (TPSA) is 58.6 Å². The van der Waals surface area contributed by atoms with Gasteiger partial charge in [0.05, 0.1) is 0 Å². The molecule has 0 bridgehead atoms. The lowest BCUT2D eigenvalue weighted by molar-refractivity contribution is -0.0499. The van der Waals surface area contributed by atoms with Crippen molar-refractivity contribution in [2.45, 2.75) is 31.9 Å². The number of alkyl halides is 2. The fourth-order valence-corrected chi connectivity index (χ4v) is 3.19. The van der Waals surface area contributed by atoms with Crippen LogP contribution in [0.4, 0.5) is 8.78 Å². The van der Waals surface area contributed by atoms with Crippen LogP contribution in [-0.2, 0) is 16.6 Å². The van der Waals surface area contributed by atoms with Crippen LogP contribution in [0.1, 0.15) is 30.0 Å². The summed E-state index contributed by atoms with van der Waals surface area (Å²) in [6.45, 7) is -2.87. The van der Waals surface area contributed by atoms with E-state index in [0.717, 1.165) is 28.3 Å². The smallest absolute Gasteiger partial charge is 0.387 e. The van der Waals surface area contributed by atoms with Gasteiger partial charge in [0, 0.05) is 20.1 Å². The van der Waals surface area contributed by atoms with Crippen LogP contribution in [0.2, 0.25) is 0 Å². The first kappa shape index (κ1) is 16.1. The van der Waals surface area contributed by atoms with Crippen molar-refractivity contribution < 1.29 is 21.9 Å². The van der Waals surface area contributed by atoms with Gasteiger partial charge in [-0.25, -0.2) is 0 Å². The predicted octanol–water partition coefficient (Wildman–Crippen LogP) is 2.06. The summed E-state index contributed by atoms with van der Waals surface area (Å²) < 4.78 is 56.4. The summed E-state index contributed by atoms with van der Waals surface area (Å²) in [7, 11) is -0.637. The van der Waals surface area contributed by atoms with Gasteiger partial charge < -0.3 is 4.74 Å². The van der Waals surface area contributed by atoms with Gasteiger partial charge in [-0.2, -0.15) is 26.2 Å². The minimum Gasteiger partial charge on any atom is -0.435 e. The molecule has 0 aliphatic heterocycles. The second-order valence-corrected chi connectivity index (χ2v) is 7.01. The molecule has 0 radical (unpaired) electrons. The van der Waals surface area contributed by atoms with E-state index in [4.69, 9.17) is 0 Å². The predicted molar refractivity (Wildman–Crippen MR) is 74.5 cm³/mol. The van der Waals surface area contributed by atoms with E-state index in [9.17, 15) is 17.2 Å². The molecule has 0 spiro atoms. The summed E-state index contributed by atoms with van der Waals surface area (Å²) in [6, 6.07) is 4.29. The van der Waals surface area contributed by atoms with Gasteiger partial charge >= 0.3 is 6.61 Å². The van der Waals surface area contributed by atoms with Crippen LogP contribution in [0.3, 0.4) is 0 Å². The standard InChI is InChI=1S/C13H18F2N2O3S/c1-17(2)21(18,19)16-12-5-3-4-9-8-10(20-13(14)15)6-7-11(9)12/h6-8,12-13,16H,3-5H2,1-2H3/t12-/m1/s1. The van der Waals surface area contributed by atoms with E-state index in [0.29, 0.717) is 6.42 Å². The van der Waals surface area contributed by atoms with Gasteiger partial charge in [-0.15, -0.1) is 0 Å². The van der Waals surface area contributed by atoms with Gasteiger partial charge in [0.25, 0.3) is 10.2 Å². The molecular weight excluding hydrogens is 302 g/mol. The zero-order valence-electron chi connectivity index (χ0n) is 11.8. The van der Waals surface area contributed by atoms with Crippen molar-refractivity contribution in [2.75, 3.05) is 14.1 Å². The van der Waals surface area contributed by atoms with E-state index < -0.39 is 16.8 Å². The lowest BCUT2D eigenvalue weighted by atomic mass is 9.88. The minimum atomic E-state index is -3.54. The van der Waals surface area contributed by atoms with Crippen molar-refractivity contribution in [3.05, 3.63) is 29.3 Å². The molecule has 0 unspecified atom stereocenters. The first-order valence-corrected chi connectivity index (χ1v) is 8.01. The van der Waals surface area contributed by atoms with Crippen LogP contribution in [0.15, 0.2) is 18.2 Å². The van der Waals surface area contributed by atoms with Gasteiger partial charge in [-0.05, 0) is 42.5 Å². The van der Waals surface area contributed by atoms with Gasteiger partial charge in [-0.3, -0.25) is 0 Å². The SMILES string of the molecule is CN(C)S(=O)(=O)N[C@@H]1CCCc2cc(OC(F)F)ccc21. The quantitative estimate of drug-likeness (QED) is 0.903. The number of nitrogens with one attached hydrogen (secondary N) is 1. The Morgan fingerprint density at radius 3 is 2.71 bits per heavy atom. The number of nitrogens with zero attached hydrogens (tertiary/aromatic N) is 1. The molecular formula is C13H18F2N2O3S. The molecule has 21 heavy (non-hydrogen) atoms. The second-order valence-electron chi connectivity index (χ2n) is 5.09. The van der Waals surface area contributed by atoms with Crippen molar-refractivity contribution in [2.24, 2.45) is 0 Å². The first-order valence-electron chi connectivity index (χ1n) is 6.57. The highest BCUT2D eigenvalue weighted by Gasteiger charge is 2.26. The van der Waals surface area contributed by atoms with E-state index in [1.807, 2.05) is 0 Å². The highest BCUT2D eigenvalue weighted by Crippen LogP contribution is 2.33. The summed E-state index contributed by atoms with van der Waals surface area (Å²) >= 11 is 0. The molecule has 1 aromatic carbocycles. The Morgan fingerprint density at radius 2 is 2.10 bits per heavy atom. The molecule has 1 aliphatic rings. The largest absolute Gasteiger partial charge is 0.435 e. The molecule has 0 saturated carbocycles. The van der Waals surface area contributed by atoms with Crippen molar-refractivity contribution in [3.8, 4) is 5.75 Å². The zero-order chi connectivity index (χ0) is 15.6. The Kier molecular flexibility index (Phi) is 4.80. The summed E-state index contributed by atoms with van der Waals surface area (Å²) in [6.07, 6.45) is 2.18. The Morgan fingerprint density at radius 1 is 1.38 bits per heavy atom. The highest BCUT2D eigenvalue weighted by molar-refractivity contribution is 7.87. The summed E-state index contributed by atoms with van der Waals surface area (Å²) in [5.74, 6) is 0.0971. The molecule has 2 rings (SSSR count). The van der Waals surface area contributed by atoms with Gasteiger partial charge in [-0.1, -0.05) is 6.07 Å². The average Bonchev–Trinajstić information content (AvgIpc) is 2.37. The number of hydrogen-bond acceptors (Lipinski definition) is 3. The average molecular weight is 320 g/mol. The summed E-state index contributed by atoms with van der Waals surface area (Å²) in [4.78, 5) is 0. The molecule has 1 N–H and O–H groups in total. The Bertz CT molecular complexity index is 605. The first-order chi connectivity index (χ1) is 9.79. The zero-order valence-corrected chi connectivity index (χ0v) is 12.7. The molecule has 1 aromatic rings. The molecule has 118 valence electrons. The number of rotatable bonds is 5. The molecule has 0 amide bonds. The molecule has 8 heteroatoms. The van der Waals surface area contributed by atoms with E-state index >= 15 is 0 Å². The maximum atomic E-state index is 12.2. The summed E-state index contributed by atoms with van der Waals surface area (Å²) in [5.41, 5.74) is 1.65. The van der Waals surface area contributed by atoms with Crippen LogP contribution in [0.25, 0.3) is 0 Å². The third-order valence-electron chi connectivity index (χ3n) is 3.43. The van der Waals surface area contributed by atoms with Crippen molar-refractivity contribution >= 4 is 10.2 Å². The van der Waals surface area contributed by atoms with Crippen LogP contribution >= 0.6 is 0 Å². The number of fused-ring (bicyclic) bond motifs is 1.